The van der Waals surface area contributed by atoms with Gasteiger partial charge in [-0.05, 0) is 6.07 Å². The van der Waals surface area contributed by atoms with Gasteiger partial charge in [-0.25, -0.2) is 0 Å². The second-order valence-electron chi connectivity index (χ2n) is 5.27. The number of hydrogen-bond acceptors (Lipinski definition) is 6. The summed E-state index contributed by atoms with van der Waals surface area (Å²) < 4.78 is 15.7. The highest BCUT2D eigenvalue weighted by Gasteiger charge is 2.29. The first kappa shape index (κ1) is 13.5. The standard InChI is InChI=1S/C14H19NO5/c16-11-6-13-12(19-9-20-13)5-10(11)7-15-8-14(17)1-3-18-4-2-14/h5-6,15-17H,1-4,7-9H2. The number of nitrogens with one attached hydrogen (secondary N) is 1. The van der Waals surface area contributed by atoms with Crippen LogP contribution in [-0.2, 0) is 11.3 Å². The molecule has 110 valence electrons. The zero-order valence-corrected chi connectivity index (χ0v) is 11.2. The smallest absolute Gasteiger partial charge is 0.231 e. The fourth-order valence-electron chi connectivity index (χ4n) is 2.47. The highest BCUT2D eigenvalue weighted by atomic mass is 16.7. The van der Waals surface area contributed by atoms with E-state index < -0.39 is 5.60 Å². The highest BCUT2D eigenvalue weighted by Crippen LogP contribution is 2.37. The maximum Gasteiger partial charge on any atom is 0.231 e. The zero-order chi connectivity index (χ0) is 14.0. The molecule has 0 saturated carbocycles. The van der Waals surface area contributed by atoms with E-state index in [0.29, 0.717) is 50.6 Å². The Morgan fingerprint density at radius 1 is 1.15 bits per heavy atom. The molecule has 3 N–H and O–H groups in total. The van der Waals surface area contributed by atoms with Crippen LogP contribution >= 0.6 is 0 Å². The summed E-state index contributed by atoms with van der Waals surface area (Å²) >= 11 is 0. The van der Waals surface area contributed by atoms with Gasteiger partial charge in [0, 0.05) is 50.8 Å². The average Bonchev–Trinajstić information content (AvgIpc) is 2.86. The van der Waals surface area contributed by atoms with Crippen molar-refractivity contribution in [1.29, 1.82) is 0 Å². The summed E-state index contributed by atoms with van der Waals surface area (Å²) in [5.41, 5.74) is 0.00872. The number of phenolic OH excluding ortho intramolecular Hbond substituents is 1. The molecule has 0 aromatic heterocycles. The molecule has 0 bridgehead atoms. The van der Waals surface area contributed by atoms with Crippen LogP contribution in [0.1, 0.15) is 18.4 Å². The van der Waals surface area contributed by atoms with Crippen LogP contribution in [0.4, 0.5) is 0 Å². The van der Waals surface area contributed by atoms with Gasteiger partial charge < -0.3 is 29.7 Å². The van der Waals surface area contributed by atoms with E-state index in [1.165, 1.54) is 0 Å². The molecule has 0 atom stereocenters. The Bertz CT molecular complexity index is 485. The van der Waals surface area contributed by atoms with Gasteiger partial charge >= 0.3 is 0 Å². The molecule has 3 rings (SSSR count). The van der Waals surface area contributed by atoms with E-state index in [2.05, 4.69) is 5.32 Å². The van der Waals surface area contributed by atoms with Crippen LogP contribution in [0.5, 0.6) is 17.2 Å². The summed E-state index contributed by atoms with van der Waals surface area (Å²) in [6.45, 7) is 2.31. The number of aromatic hydroxyl groups is 1. The Morgan fingerprint density at radius 3 is 2.60 bits per heavy atom. The van der Waals surface area contributed by atoms with Crippen molar-refractivity contribution in [2.75, 3.05) is 26.6 Å². The van der Waals surface area contributed by atoms with E-state index in [0.717, 1.165) is 5.56 Å². The number of ether oxygens (including phenoxy) is 3. The number of benzene rings is 1. The third-order valence-corrected chi connectivity index (χ3v) is 3.77. The predicted molar refractivity (Wildman–Crippen MR) is 70.9 cm³/mol. The number of aliphatic hydroxyl groups is 1. The van der Waals surface area contributed by atoms with E-state index in [-0.39, 0.29) is 12.5 Å². The van der Waals surface area contributed by atoms with Crippen molar-refractivity contribution in [2.24, 2.45) is 0 Å². The maximum absolute atomic E-state index is 10.3. The normalized spacial score (nSPS) is 20.1. The van der Waals surface area contributed by atoms with Gasteiger partial charge in [0.05, 0.1) is 5.60 Å². The van der Waals surface area contributed by atoms with Crippen LogP contribution in [0.25, 0.3) is 0 Å². The highest BCUT2D eigenvalue weighted by molar-refractivity contribution is 5.51. The minimum absolute atomic E-state index is 0.167. The Morgan fingerprint density at radius 2 is 1.85 bits per heavy atom. The molecule has 1 saturated heterocycles. The number of phenols is 1. The topological polar surface area (TPSA) is 80.2 Å². The largest absolute Gasteiger partial charge is 0.507 e. The van der Waals surface area contributed by atoms with Crippen molar-refractivity contribution in [3.05, 3.63) is 17.7 Å². The molecule has 0 amide bonds. The lowest BCUT2D eigenvalue weighted by Crippen LogP contribution is -2.44. The second kappa shape index (κ2) is 5.47. The molecule has 0 unspecified atom stereocenters. The van der Waals surface area contributed by atoms with Crippen molar-refractivity contribution in [3.8, 4) is 17.2 Å². The lowest BCUT2D eigenvalue weighted by atomic mass is 9.94. The molecule has 1 fully saturated rings. The Balaban J connectivity index is 1.58. The molecule has 2 aliphatic rings. The van der Waals surface area contributed by atoms with Gasteiger partial charge in [0.15, 0.2) is 11.5 Å². The predicted octanol–water partition coefficient (Wildman–Crippen LogP) is 0.752. The molecule has 0 radical (unpaired) electrons. The van der Waals surface area contributed by atoms with Gasteiger partial charge in [0.2, 0.25) is 6.79 Å². The van der Waals surface area contributed by atoms with Gasteiger partial charge in [0.25, 0.3) is 0 Å². The van der Waals surface area contributed by atoms with E-state index in [4.69, 9.17) is 14.2 Å². The van der Waals surface area contributed by atoms with Crippen LogP contribution in [-0.4, -0.2) is 42.4 Å². The fraction of sp³-hybridized carbons (Fsp3) is 0.571. The lowest BCUT2D eigenvalue weighted by Gasteiger charge is -2.32. The van der Waals surface area contributed by atoms with Gasteiger partial charge in [-0.2, -0.15) is 0 Å². The Hall–Kier alpha value is -1.50. The molecule has 20 heavy (non-hydrogen) atoms. The number of hydrogen-bond donors (Lipinski definition) is 3. The average molecular weight is 281 g/mol. The van der Waals surface area contributed by atoms with Gasteiger partial charge in [-0.3, -0.25) is 0 Å². The van der Waals surface area contributed by atoms with Crippen molar-refractivity contribution < 1.29 is 24.4 Å². The molecule has 0 aliphatic carbocycles. The quantitative estimate of drug-likeness (QED) is 0.756. The van der Waals surface area contributed by atoms with Crippen LogP contribution in [0.2, 0.25) is 0 Å². The molecule has 2 aliphatic heterocycles. The summed E-state index contributed by atoms with van der Waals surface area (Å²) in [7, 11) is 0. The summed E-state index contributed by atoms with van der Waals surface area (Å²) in [6.07, 6.45) is 1.26. The molecular weight excluding hydrogens is 262 g/mol. The van der Waals surface area contributed by atoms with Crippen LogP contribution in [0, 0.1) is 0 Å². The maximum atomic E-state index is 10.3. The number of fused-ring (bicyclic) bond motifs is 1. The zero-order valence-electron chi connectivity index (χ0n) is 11.2. The van der Waals surface area contributed by atoms with Crippen molar-refractivity contribution >= 4 is 0 Å². The summed E-state index contributed by atoms with van der Waals surface area (Å²) in [5, 5.41) is 23.4. The fourth-order valence-corrected chi connectivity index (χ4v) is 2.47. The SMILES string of the molecule is Oc1cc2c(cc1CNCC1(O)CCOCC1)OCO2. The first-order valence-electron chi connectivity index (χ1n) is 6.79. The van der Waals surface area contributed by atoms with Crippen LogP contribution < -0.4 is 14.8 Å². The first-order valence-corrected chi connectivity index (χ1v) is 6.79. The van der Waals surface area contributed by atoms with Crippen molar-refractivity contribution in [1.82, 2.24) is 5.32 Å². The molecule has 6 nitrogen and oxygen atoms in total. The van der Waals surface area contributed by atoms with Gasteiger partial charge in [-0.1, -0.05) is 0 Å². The molecule has 1 aromatic carbocycles. The summed E-state index contributed by atoms with van der Waals surface area (Å²) in [4.78, 5) is 0. The molecule has 1 aromatic rings. The van der Waals surface area contributed by atoms with E-state index in [1.54, 1.807) is 12.1 Å². The van der Waals surface area contributed by atoms with Crippen LogP contribution in [0.15, 0.2) is 12.1 Å². The van der Waals surface area contributed by atoms with Crippen molar-refractivity contribution in [3.63, 3.8) is 0 Å². The minimum Gasteiger partial charge on any atom is -0.507 e. The molecule has 6 heteroatoms. The molecular formula is C14H19NO5. The minimum atomic E-state index is -0.718. The van der Waals surface area contributed by atoms with Gasteiger partial charge in [-0.15, -0.1) is 0 Å². The number of rotatable bonds is 4. The van der Waals surface area contributed by atoms with Crippen LogP contribution in [0.3, 0.4) is 0 Å². The van der Waals surface area contributed by atoms with Gasteiger partial charge in [0.1, 0.15) is 5.75 Å². The van der Waals surface area contributed by atoms with Crippen molar-refractivity contribution in [2.45, 2.75) is 25.0 Å². The lowest BCUT2D eigenvalue weighted by molar-refractivity contribution is -0.0617. The third-order valence-electron chi connectivity index (χ3n) is 3.77. The Kier molecular flexibility index (Phi) is 3.69. The van der Waals surface area contributed by atoms with E-state index >= 15 is 0 Å². The molecule has 2 heterocycles. The third kappa shape index (κ3) is 2.82. The monoisotopic (exact) mass is 281 g/mol. The first-order chi connectivity index (χ1) is 9.66. The second-order valence-corrected chi connectivity index (χ2v) is 5.27. The molecule has 0 spiro atoms. The Labute approximate surface area is 117 Å². The summed E-state index contributed by atoms with van der Waals surface area (Å²) in [5.74, 6) is 1.37. The van der Waals surface area contributed by atoms with E-state index in [9.17, 15) is 10.2 Å². The summed E-state index contributed by atoms with van der Waals surface area (Å²) in [6, 6.07) is 3.32. The van der Waals surface area contributed by atoms with E-state index in [1.807, 2.05) is 0 Å².